The van der Waals surface area contributed by atoms with Crippen LogP contribution < -0.4 is 5.43 Å². The lowest BCUT2D eigenvalue weighted by Gasteiger charge is -2.02. The van der Waals surface area contributed by atoms with E-state index < -0.39 is 0 Å². The van der Waals surface area contributed by atoms with Crippen molar-refractivity contribution in [3.63, 3.8) is 0 Å². The van der Waals surface area contributed by atoms with E-state index in [4.69, 9.17) is 10.2 Å². The van der Waals surface area contributed by atoms with Crippen molar-refractivity contribution < 1.29 is 10.2 Å². The molecule has 0 atom stereocenters. The Morgan fingerprint density at radius 2 is 2.40 bits per heavy atom. The molecule has 0 unspecified atom stereocenters. The van der Waals surface area contributed by atoms with Gasteiger partial charge in [0.1, 0.15) is 5.75 Å². The smallest absolute Gasteiger partial charge is 0.135 e. The largest absolute Gasteiger partial charge is 0.506 e. The first-order valence-corrected chi connectivity index (χ1v) is 3.04. The fraction of sp³-hybridized carbons (Fsp3) is 0.333. The molecule has 0 saturated carbocycles. The molecule has 0 aliphatic carbocycles. The van der Waals surface area contributed by atoms with Crippen molar-refractivity contribution in [1.29, 1.82) is 0 Å². The molecule has 0 aliphatic rings. The Hall–Kier alpha value is -1.16. The molecule has 0 saturated heterocycles. The van der Waals surface area contributed by atoms with Gasteiger partial charge in [-0.05, 0) is 6.07 Å². The molecule has 0 amide bonds. The summed E-state index contributed by atoms with van der Waals surface area (Å²) in [6.07, 6.45) is 3.20. The summed E-state index contributed by atoms with van der Waals surface area (Å²) in [5.41, 5.74) is 2.82. The van der Waals surface area contributed by atoms with Gasteiger partial charge in [-0.3, -0.25) is 4.68 Å². The molecule has 4 nitrogen and oxygen atoms in total. The number of aromatic nitrogens is 1. The highest BCUT2D eigenvalue weighted by molar-refractivity contribution is 5.15. The van der Waals surface area contributed by atoms with Crippen LogP contribution in [0.2, 0.25) is 0 Å². The lowest BCUT2D eigenvalue weighted by atomic mass is 10.6. The van der Waals surface area contributed by atoms with Crippen LogP contribution in [-0.2, 0) is 0 Å². The van der Waals surface area contributed by atoms with Gasteiger partial charge >= 0.3 is 0 Å². The van der Waals surface area contributed by atoms with E-state index >= 15 is 0 Å². The second-order valence-electron chi connectivity index (χ2n) is 1.91. The highest BCUT2D eigenvalue weighted by Gasteiger charge is 1.89. The van der Waals surface area contributed by atoms with Gasteiger partial charge in [0, 0.05) is 6.20 Å². The summed E-state index contributed by atoms with van der Waals surface area (Å²) in [6.45, 7) is 0.563. The molecule has 0 aliphatic heterocycles. The number of aliphatic hydroxyl groups is 1. The Labute approximate surface area is 58.7 Å². The van der Waals surface area contributed by atoms with Crippen molar-refractivity contribution in [3.05, 3.63) is 18.5 Å². The van der Waals surface area contributed by atoms with Crippen molar-refractivity contribution in [3.8, 4) is 5.75 Å². The Kier molecular flexibility index (Phi) is 2.17. The minimum Gasteiger partial charge on any atom is -0.506 e. The maximum atomic E-state index is 8.83. The maximum Gasteiger partial charge on any atom is 0.135 e. The van der Waals surface area contributed by atoms with Crippen LogP contribution in [0.3, 0.4) is 0 Å². The van der Waals surface area contributed by atoms with Gasteiger partial charge in [-0.25, -0.2) is 0 Å². The Morgan fingerprint density at radius 1 is 1.60 bits per heavy atom. The SMILES string of the molecule is OCCNn1ccc(O)c1. The third kappa shape index (κ3) is 1.66. The molecule has 0 radical (unpaired) electrons. The van der Waals surface area contributed by atoms with E-state index in [1.165, 1.54) is 6.20 Å². The van der Waals surface area contributed by atoms with E-state index in [1.807, 2.05) is 0 Å². The molecule has 0 bridgehead atoms. The van der Waals surface area contributed by atoms with Crippen molar-refractivity contribution in [2.45, 2.75) is 0 Å². The maximum absolute atomic E-state index is 8.83. The zero-order valence-electron chi connectivity index (χ0n) is 5.49. The predicted octanol–water partition coefficient (Wildman–Crippen LogP) is -0.271. The van der Waals surface area contributed by atoms with Crippen LogP contribution in [0.25, 0.3) is 0 Å². The number of rotatable bonds is 3. The molecule has 56 valence electrons. The van der Waals surface area contributed by atoms with E-state index in [0.717, 1.165) is 0 Å². The first-order chi connectivity index (χ1) is 4.83. The lowest BCUT2D eigenvalue weighted by Crippen LogP contribution is -2.16. The number of nitrogens with zero attached hydrogens (tertiary/aromatic N) is 1. The van der Waals surface area contributed by atoms with Crippen molar-refractivity contribution >= 4 is 0 Å². The van der Waals surface area contributed by atoms with Crippen molar-refractivity contribution in [1.82, 2.24) is 4.68 Å². The Balaban J connectivity index is 2.42. The second-order valence-corrected chi connectivity index (χ2v) is 1.91. The minimum atomic E-state index is 0.0823. The fourth-order valence-corrected chi connectivity index (χ4v) is 0.663. The zero-order valence-corrected chi connectivity index (χ0v) is 5.49. The lowest BCUT2D eigenvalue weighted by molar-refractivity contribution is 0.307. The first kappa shape index (κ1) is 6.95. The van der Waals surface area contributed by atoms with Crippen LogP contribution in [0.1, 0.15) is 0 Å². The standard InChI is InChI=1S/C6H10N2O2/c9-4-2-7-8-3-1-6(10)5-8/h1,3,5,7,9-10H,2,4H2. The molecule has 0 aromatic carbocycles. The van der Waals surface area contributed by atoms with E-state index in [-0.39, 0.29) is 12.4 Å². The van der Waals surface area contributed by atoms with Crippen LogP contribution >= 0.6 is 0 Å². The fourth-order valence-electron chi connectivity index (χ4n) is 0.663. The monoisotopic (exact) mass is 142 g/mol. The summed E-state index contributed by atoms with van der Waals surface area (Å²) in [6, 6.07) is 1.56. The van der Waals surface area contributed by atoms with Gasteiger partial charge < -0.3 is 15.6 Å². The Morgan fingerprint density at radius 3 is 2.90 bits per heavy atom. The normalized spacial score (nSPS) is 9.70. The van der Waals surface area contributed by atoms with Crippen molar-refractivity contribution in [2.75, 3.05) is 18.6 Å². The van der Waals surface area contributed by atoms with Gasteiger partial charge in [-0.2, -0.15) is 0 Å². The van der Waals surface area contributed by atoms with Crippen LogP contribution in [0.5, 0.6) is 5.75 Å². The average molecular weight is 142 g/mol. The third-order valence-corrected chi connectivity index (χ3v) is 1.08. The molecule has 10 heavy (non-hydrogen) atoms. The van der Waals surface area contributed by atoms with Crippen LogP contribution in [-0.4, -0.2) is 28.0 Å². The van der Waals surface area contributed by atoms with E-state index in [9.17, 15) is 0 Å². The molecule has 0 spiro atoms. The quantitative estimate of drug-likeness (QED) is 0.544. The van der Waals surface area contributed by atoms with Crippen molar-refractivity contribution in [2.24, 2.45) is 0 Å². The van der Waals surface area contributed by atoms with Gasteiger partial charge in [-0.15, -0.1) is 0 Å². The number of hydrogen-bond donors (Lipinski definition) is 3. The van der Waals surface area contributed by atoms with E-state index in [0.29, 0.717) is 6.54 Å². The molecule has 0 fully saturated rings. The molecular formula is C6H10N2O2. The van der Waals surface area contributed by atoms with Crippen LogP contribution in [0, 0.1) is 0 Å². The van der Waals surface area contributed by atoms with Gasteiger partial charge in [0.05, 0.1) is 19.3 Å². The molecule has 1 aromatic heterocycles. The number of aliphatic hydroxyl groups excluding tert-OH is 1. The summed E-state index contributed by atoms with van der Waals surface area (Å²) < 4.78 is 1.59. The average Bonchev–Trinajstić information content (AvgIpc) is 2.31. The molecule has 1 rings (SSSR count). The summed E-state index contributed by atoms with van der Waals surface area (Å²) in [4.78, 5) is 0. The van der Waals surface area contributed by atoms with Crippen LogP contribution in [0.15, 0.2) is 18.5 Å². The summed E-state index contributed by atoms with van der Waals surface area (Å²) >= 11 is 0. The predicted molar refractivity (Wildman–Crippen MR) is 37.4 cm³/mol. The van der Waals surface area contributed by atoms with Gasteiger partial charge in [-0.1, -0.05) is 0 Å². The highest BCUT2D eigenvalue weighted by atomic mass is 16.3. The summed E-state index contributed by atoms with van der Waals surface area (Å²) in [7, 11) is 0. The Bertz CT molecular complexity index is 197. The summed E-state index contributed by atoms with van der Waals surface area (Å²) in [5, 5.41) is 17.2. The number of aromatic hydroxyl groups is 1. The van der Waals surface area contributed by atoms with E-state index in [1.54, 1.807) is 16.9 Å². The minimum absolute atomic E-state index is 0.0823. The third-order valence-electron chi connectivity index (χ3n) is 1.08. The van der Waals surface area contributed by atoms with Gasteiger partial charge in [0.15, 0.2) is 0 Å². The van der Waals surface area contributed by atoms with E-state index in [2.05, 4.69) is 5.43 Å². The molecular weight excluding hydrogens is 132 g/mol. The topological polar surface area (TPSA) is 57.4 Å². The van der Waals surface area contributed by atoms with Gasteiger partial charge in [0.2, 0.25) is 0 Å². The van der Waals surface area contributed by atoms with Crippen LogP contribution in [0.4, 0.5) is 0 Å². The van der Waals surface area contributed by atoms with Gasteiger partial charge in [0.25, 0.3) is 0 Å². The molecule has 1 aromatic rings. The zero-order chi connectivity index (χ0) is 7.40. The molecule has 3 N–H and O–H groups in total. The summed E-state index contributed by atoms with van der Waals surface area (Å²) in [5.74, 6) is 0.213. The number of hydrogen-bond acceptors (Lipinski definition) is 3. The second kappa shape index (κ2) is 3.12. The molecule has 4 heteroatoms. The molecule has 1 heterocycles. The first-order valence-electron chi connectivity index (χ1n) is 3.04. The number of nitrogens with one attached hydrogen (secondary N) is 1. The highest BCUT2D eigenvalue weighted by Crippen LogP contribution is 2.04.